The van der Waals surface area contributed by atoms with Gasteiger partial charge in [-0.25, -0.2) is 13.2 Å². The minimum atomic E-state index is -0.914. The van der Waals surface area contributed by atoms with Crippen LogP contribution in [0.15, 0.2) is 53.7 Å². The third kappa shape index (κ3) is 4.58. The minimum absolute atomic E-state index is 0.0235. The third-order valence-corrected chi connectivity index (χ3v) is 7.90. The number of aryl methyl sites for hydroxylation is 2. The summed E-state index contributed by atoms with van der Waals surface area (Å²) >= 11 is 6.56. The largest absolute Gasteiger partial charge is 0.349 e. The molecule has 0 bridgehead atoms. The smallest absolute Gasteiger partial charge is 0.274 e. The molecule has 3 heterocycles. The van der Waals surface area contributed by atoms with E-state index < -0.39 is 28.9 Å². The Morgan fingerprint density at radius 1 is 1.05 bits per heavy atom. The highest BCUT2D eigenvalue weighted by molar-refractivity contribution is 6.31. The molecule has 204 valence electrons. The summed E-state index contributed by atoms with van der Waals surface area (Å²) in [5, 5.41) is 2.67. The van der Waals surface area contributed by atoms with Crippen LogP contribution in [-0.2, 0) is 0 Å². The number of aromatic nitrogens is 3. The number of carbonyl (C=O) groups is 1. The second kappa shape index (κ2) is 9.89. The maximum absolute atomic E-state index is 16.1. The lowest BCUT2D eigenvalue weighted by molar-refractivity contribution is 0.0947. The normalized spacial score (nSPS) is 18.1. The van der Waals surface area contributed by atoms with Crippen LogP contribution in [0.2, 0.25) is 5.02 Å². The highest BCUT2D eigenvalue weighted by atomic mass is 35.5. The number of benzene rings is 1. The van der Waals surface area contributed by atoms with Crippen LogP contribution < -0.4 is 10.9 Å². The van der Waals surface area contributed by atoms with E-state index in [1.807, 2.05) is 0 Å². The Hall–Kier alpha value is -3.98. The summed E-state index contributed by atoms with van der Waals surface area (Å²) in [4.78, 5) is 34.1. The summed E-state index contributed by atoms with van der Waals surface area (Å²) in [5.74, 6) is -2.96. The minimum Gasteiger partial charge on any atom is -0.349 e. The molecule has 3 aromatic heterocycles. The van der Waals surface area contributed by atoms with Crippen molar-refractivity contribution in [2.45, 2.75) is 51.0 Å². The van der Waals surface area contributed by atoms with Crippen LogP contribution in [0.4, 0.5) is 13.2 Å². The zero-order valence-electron chi connectivity index (χ0n) is 21.6. The lowest BCUT2D eigenvalue weighted by Gasteiger charge is -2.18. The van der Waals surface area contributed by atoms with Gasteiger partial charge in [0.1, 0.15) is 22.4 Å². The first-order valence-corrected chi connectivity index (χ1v) is 13.3. The number of hydrogen-bond donors (Lipinski definition) is 1. The Labute approximate surface area is 232 Å². The predicted octanol–water partition coefficient (Wildman–Crippen LogP) is 6.15. The van der Waals surface area contributed by atoms with Crippen molar-refractivity contribution in [1.82, 2.24) is 19.9 Å². The Morgan fingerprint density at radius 3 is 2.55 bits per heavy atom. The first-order valence-electron chi connectivity index (χ1n) is 12.9. The molecule has 2 atom stereocenters. The van der Waals surface area contributed by atoms with Gasteiger partial charge in [0.15, 0.2) is 5.82 Å². The van der Waals surface area contributed by atoms with E-state index in [1.165, 1.54) is 30.5 Å². The first-order chi connectivity index (χ1) is 19.2. The molecule has 6 rings (SSSR count). The molecule has 2 saturated carbocycles. The SMILES string of the molecule is Cc1cnc(-c2cccc(C(=O)NC3CC3)c2F)c(F)c1-n1c(C)cc([C@H]2C[C@@H]2c2cncc(F)c2)c(Cl)c1=O. The molecule has 1 amide bonds. The van der Waals surface area contributed by atoms with E-state index in [0.717, 1.165) is 29.2 Å². The summed E-state index contributed by atoms with van der Waals surface area (Å²) < 4.78 is 46.5. The van der Waals surface area contributed by atoms with Crippen LogP contribution in [0.3, 0.4) is 0 Å². The van der Waals surface area contributed by atoms with Crippen molar-refractivity contribution in [2.75, 3.05) is 0 Å². The van der Waals surface area contributed by atoms with Gasteiger partial charge in [-0.1, -0.05) is 17.7 Å². The number of amides is 1. The summed E-state index contributed by atoms with van der Waals surface area (Å²) in [5.41, 5.74) is 0.624. The fraction of sp³-hybridized carbons (Fsp3) is 0.267. The molecule has 1 aromatic carbocycles. The second-order valence-electron chi connectivity index (χ2n) is 10.4. The van der Waals surface area contributed by atoms with Crippen molar-refractivity contribution in [1.29, 1.82) is 0 Å². The molecule has 40 heavy (non-hydrogen) atoms. The fourth-order valence-electron chi connectivity index (χ4n) is 5.23. The molecule has 0 spiro atoms. The quantitative estimate of drug-likeness (QED) is 0.305. The van der Waals surface area contributed by atoms with Gasteiger partial charge in [0.25, 0.3) is 11.5 Å². The molecule has 0 aliphatic heterocycles. The van der Waals surface area contributed by atoms with E-state index >= 15 is 8.78 Å². The Morgan fingerprint density at radius 2 is 1.82 bits per heavy atom. The number of nitrogens with one attached hydrogen (secondary N) is 1. The van der Waals surface area contributed by atoms with E-state index in [9.17, 15) is 14.0 Å². The standard InChI is InChI=1S/C30H24ClF3N4O2/c1-14-11-36-27(19-4-3-5-20(25(19)33)29(39)37-18-6-7-18)26(34)28(14)38-15(2)8-23(24(31)30(38)40)22-10-21(22)16-9-17(32)13-35-12-16/h3-5,8-9,11-13,18,21-22H,6-7,10H2,1-2H3,(H,37,39)/t21-,22+/m1/s1. The van der Waals surface area contributed by atoms with E-state index in [1.54, 1.807) is 26.1 Å². The van der Waals surface area contributed by atoms with E-state index in [4.69, 9.17) is 11.6 Å². The van der Waals surface area contributed by atoms with Crippen LogP contribution in [0.25, 0.3) is 16.9 Å². The fourth-order valence-corrected chi connectivity index (χ4v) is 5.51. The number of carbonyl (C=O) groups excluding carboxylic acids is 1. The summed E-state index contributed by atoms with van der Waals surface area (Å²) in [6, 6.07) is 7.31. The molecule has 6 nitrogen and oxygen atoms in total. The highest BCUT2D eigenvalue weighted by Crippen LogP contribution is 2.55. The van der Waals surface area contributed by atoms with Gasteiger partial charge in [-0.2, -0.15) is 0 Å². The van der Waals surface area contributed by atoms with Crippen molar-refractivity contribution in [3.05, 3.63) is 110 Å². The second-order valence-corrected chi connectivity index (χ2v) is 10.8. The number of rotatable bonds is 6. The molecular weight excluding hydrogens is 541 g/mol. The Balaban J connectivity index is 1.40. The Bertz CT molecular complexity index is 1750. The maximum atomic E-state index is 16.1. The zero-order valence-corrected chi connectivity index (χ0v) is 22.4. The first kappa shape index (κ1) is 26.3. The summed E-state index contributed by atoms with van der Waals surface area (Å²) in [6.45, 7) is 3.25. The monoisotopic (exact) mass is 564 g/mol. The van der Waals surface area contributed by atoms with Gasteiger partial charge in [0.05, 0.1) is 17.4 Å². The van der Waals surface area contributed by atoms with E-state index in [-0.39, 0.29) is 45.4 Å². The van der Waals surface area contributed by atoms with Crippen LogP contribution in [0.1, 0.15) is 63.8 Å². The van der Waals surface area contributed by atoms with Gasteiger partial charge in [-0.3, -0.25) is 24.1 Å². The maximum Gasteiger partial charge on any atom is 0.274 e. The Kier molecular flexibility index (Phi) is 6.49. The topological polar surface area (TPSA) is 76.9 Å². The summed E-state index contributed by atoms with van der Waals surface area (Å²) in [6.07, 6.45) is 6.42. The van der Waals surface area contributed by atoms with Crippen LogP contribution >= 0.6 is 11.6 Å². The molecule has 0 unspecified atom stereocenters. The van der Waals surface area contributed by atoms with Crippen molar-refractivity contribution >= 4 is 17.5 Å². The molecule has 2 aliphatic carbocycles. The van der Waals surface area contributed by atoms with Gasteiger partial charge in [0, 0.05) is 29.7 Å². The van der Waals surface area contributed by atoms with Crippen LogP contribution in [0, 0.1) is 31.3 Å². The summed E-state index contributed by atoms with van der Waals surface area (Å²) in [7, 11) is 0. The van der Waals surface area contributed by atoms with Crippen LogP contribution in [-0.4, -0.2) is 26.5 Å². The molecule has 2 fully saturated rings. The zero-order chi connectivity index (χ0) is 28.3. The van der Waals surface area contributed by atoms with Crippen molar-refractivity contribution < 1.29 is 18.0 Å². The van der Waals surface area contributed by atoms with E-state index in [2.05, 4.69) is 15.3 Å². The number of pyridine rings is 3. The van der Waals surface area contributed by atoms with Crippen molar-refractivity contribution in [3.8, 4) is 16.9 Å². The van der Waals surface area contributed by atoms with Crippen molar-refractivity contribution in [2.24, 2.45) is 0 Å². The molecule has 1 N–H and O–H groups in total. The number of halogens is 4. The lowest BCUT2D eigenvalue weighted by atomic mass is 10.0. The lowest BCUT2D eigenvalue weighted by Crippen LogP contribution is -2.26. The molecule has 0 saturated heterocycles. The molecule has 10 heteroatoms. The third-order valence-electron chi connectivity index (χ3n) is 7.52. The van der Waals surface area contributed by atoms with Gasteiger partial charge >= 0.3 is 0 Å². The predicted molar refractivity (Wildman–Crippen MR) is 144 cm³/mol. The highest BCUT2D eigenvalue weighted by Gasteiger charge is 2.42. The van der Waals surface area contributed by atoms with Crippen LogP contribution in [0.5, 0.6) is 0 Å². The molecule has 4 aromatic rings. The van der Waals surface area contributed by atoms with Gasteiger partial charge in [0.2, 0.25) is 0 Å². The van der Waals surface area contributed by atoms with E-state index in [0.29, 0.717) is 23.2 Å². The molecule has 0 radical (unpaired) electrons. The molecule has 2 aliphatic rings. The average molecular weight is 565 g/mol. The number of nitrogens with zero attached hydrogens (tertiary/aromatic N) is 3. The average Bonchev–Trinajstić information content (AvgIpc) is 3.85. The molecular formula is C30H24ClF3N4O2. The van der Waals surface area contributed by atoms with Gasteiger partial charge in [-0.15, -0.1) is 0 Å². The van der Waals surface area contributed by atoms with Gasteiger partial charge < -0.3 is 5.32 Å². The number of hydrogen-bond acceptors (Lipinski definition) is 4. The van der Waals surface area contributed by atoms with Gasteiger partial charge in [-0.05, 0) is 85.9 Å². The van der Waals surface area contributed by atoms with Crippen molar-refractivity contribution in [3.63, 3.8) is 0 Å².